The molecular weight excluding hydrogens is 280 g/mol. The molecule has 0 spiro atoms. The minimum atomic E-state index is -0.335. The Hall–Kier alpha value is -1.62. The molecule has 1 heterocycles. The number of aromatic nitrogens is 1. The summed E-state index contributed by atoms with van der Waals surface area (Å²) in [7, 11) is 1.33. The molecule has 0 bridgehead atoms. The third-order valence-corrected chi connectivity index (χ3v) is 3.13. The van der Waals surface area contributed by atoms with Gasteiger partial charge >= 0.3 is 5.97 Å². The number of hydrogen-bond donors (Lipinski definition) is 0. The fourth-order valence-corrected chi connectivity index (χ4v) is 2.00. The molecule has 1 aromatic rings. The molecule has 0 unspecified atom stereocenters. The van der Waals surface area contributed by atoms with Gasteiger partial charge in [-0.3, -0.25) is 9.59 Å². The number of ether oxygens (including phenoxy) is 1. The molecule has 6 heteroatoms. The maximum Gasteiger partial charge on any atom is 0.307 e. The number of aryl methyl sites for hydroxylation is 1. The lowest BCUT2D eigenvalue weighted by atomic mass is 10.1. The second kappa shape index (κ2) is 7.85. The fraction of sp³-hybridized carbons (Fsp3) is 0.500. The summed E-state index contributed by atoms with van der Waals surface area (Å²) in [5, 5.41) is 0.303. The second-order valence-corrected chi connectivity index (χ2v) is 4.62. The number of carbonyl (C=O) groups is 2. The standard InChI is InChI=1S/C14H19ClN2O3/c1-4-11-8-10(9-12(15)16-11)14(19)17(5-2)7-6-13(18)20-3/h8-9H,4-7H2,1-3H3. The van der Waals surface area contributed by atoms with Crippen molar-refractivity contribution in [2.75, 3.05) is 20.2 Å². The van der Waals surface area contributed by atoms with Gasteiger partial charge in [0.25, 0.3) is 5.91 Å². The van der Waals surface area contributed by atoms with E-state index in [2.05, 4.69) is 9.72 Å². The van der Waals surface area contributed by atoms with E-state index < -0.39 is 0 Å². The SMILES string of the molecule is CCc1cc(C(=O)N(CC)CCC(=O)OC)cc(Cl)n1. The molecule has 0 aliphatic heterocycles. The van der Waals surface area contributed by atoms with Crippen molar-refractivity contribution >= 4 is 23.5 Å². The number of pyridine rings is 1. The van der Waals surface area contributed by atoms with E-state index in [4.69, 9.17) is 11.6 Å². The molecule has 0 fully saturated rings. The first-order valence-corrected chi connectivity index (χ1v) is 6.92. The lowest BCUT2D eigenvalue weighted by Crippen LogP contribution is -2.33. The van der Waals surface area contributed by atoms with Crippen LogP contribution in [0.25, 0.3) is 0 Å². The van der Waals surface area contributed by atoms with Crippen LogP contribution < -0.4 is 0 Å². The van der Waals surface area contributed by atoms with Gasteiger partial charge in [0.05, 0.1) is 13.5 Å². The summed E-state index contributed by atoms with van der Waals surface area (Å²) < 4.78 is 4.58. The van der Waals surface area contributed by atoms with E-state index in [0.717, 1.165) is 5.69 Å². The lowest BCUT2D eigenvalue weighted by molar-refractivity contribution is -0.140. The summed E-state index contributed by atoms with van der Waals surface area (Å²) in [5.74, 6) is -0.492. The number of esters is 1. The average molecular weight is 299 g/mol. The van der Waals surface area contributed by atoms with Crippen LogP contribution in [0.1, 0.15) is 36.3 Å². The Kier molecular flexibility index (Phi) is 6.45. The van der Waals surface area contributed by atoms with Crippen molar-refractivity contribution < 1.29 is 14.3 Å². The highest BCUT2D eigenvalue weighted by atomic mass is 35.5. The van der Waals surface area contributed by atoms with E-state index in [0.29, 0.717) is 30.2 Å². The van der Waals surface area contributed by atoms with Crippen molar-refractivity contribution in [3.8, 4) is 0 Å². The predicted octanol–water partition coefficient (Wildman–Crippen LogP) is 2.32. The molecule has 0 aliphatic rings. The van der Waals surface area contributed by atoms with Crippen LogP contribution in [0, 0.1) is 0 Å². The zero-order valence-electron chi connectivity index (χ0n) is 12.0. The molecule has 0 atom stereocenters. The monoisotopic (exact) mass is 298 g/mol. The summed E-state index contributed by atoms with van der Waals surface area (Å²) in [6.45, 7) is 4.64. The summed E-state index contributed by atoms with van der Waals surface area (Å²) in [6, 6.07) is 3.28. The van der Waals surface area contributed by atoms with Crippen LogP contribution in [-0.2, 0) is 16.0 Å². The van der Waals surface area contributed by atoms with Crippen LogP contribution in [0.3, 0.4) is 0 Å². The Morgan fingerprint density at radius 1 is 1.35 bits per heavy atom. The Bertz CT molecular complexity index is 491. The Labute approximate surface area is 123 Å². The molecule has 110 valence electrons. The van der Waals surface area contributed by atoms with Gasteiger partial charge in [-0.25, -0.2) is 4.98 Å². The van der Waals surface area contributed by atoms with Crippen molar-refractivity contribution in [2.45, 2.75) is 26.7 Å². The highest BCUT2D eigenvalue weighted by molar-refractivity contribution is 6.29. The Morgan fingerprint density at radius 3 is 2.60 bits per heavy atom. The molecule has 1 amide bonds. The molecular formula is C14H19ClN2O3. The fourth-order valence-electron chi connectivity index (χ4n) is 1.77. The minimum Gasteiger partial charge on any atom is -0.469 e. The van der Waals surface area contributed by atoms with Crippen molar-refractivity contribution in [3.63, 3.8) is 0 Å². The molecule has 1 rings (SSSR count). The van der Waals surface area contributed by atoms with Gasteiger partial charge in [-0.05, 0) is 25.5 Å². The van der Waals surface area contributed by atoms with Gasteiger partial charge < -0.3 is 9.64 Å². The van der Waals surface area contributed by atoms with Crippen molar-refractivity contribution in [1.29, 1.82) is 0 Å². The smallest absolute Gasteiger partial charge is 0.307 e. The van der Waals surface area contributed by atoms with E-state index in [9.17, 15) is 9.59 Å². The third kappa shape index (κ3) is 4.49. The predicted molar refractivity (Wildman–Crippen MR) is 76.8 cm³/mol. The van der Waals surface area contributed by atoms with Gasteiger partial charge in [0.15, 0.2) is 0 Å². The molecule has 0 aliphatic carbocycles. The Balaban J connectivity index is 2.85. The summed E-state index contributed by atoms with van der Waals surface area (Å²) in [4.78, 5) is 29.3. The molecule has 0 aromatic carbocycles. The lowest BCUT2D eigenvalue weighted by Gasteiger charge is -2.20. The first kappa shape index (κ1) is 16.4. The van der Waals surface area contributed by atoms with Gasteiger partial charge in [0.2, 0.25) is 0 Å². The molecule has 0 radical (unpaired) electrons. The van der Waals surface area contributed by atoms with E-state index in [1.165, 1.54) is 7.11 Å². The zero-order valence-corrected chi connectivity index (χ0v) is 12.7. The minimum absolute atomic E-state index is 0.157. The summed E-state index contributed by atoms with van der Waals surface area (Å²) >= 11 is 5.91. The van der Waals surface area contributed by atoms with Crippen LogP contribution in [0.4, 0.5) is 0 Å². The van der Waals surface area contributed by atoms with Crippen LogP contribution in [-0.4, -0.2) is 42.0 Å². The first-order chi connectivity index (χ1) is 9.51. The van der Waals surface area contributed by atoms with Crippen molar-refractivity contribution in [2.24, 2.45) is 0 Å². The molecule has 5 nitrogen and oxygen atoms in total. The first-order valence-electron chi connectivity index (χ1n) is 6.54. The molecule has 0 saturated heterocycles. The maximum atomic E-state index is 12.4. The Morgan fingerprint density at radius 2 is 2.05 bits per heavy atom. The highest BCUT2D eigenvalue weighted by Gasteiger charge is 2.17. The van der Waals surface area contributed by atoms with Crippen LogP contribution in [0.2, 0.25) is 5.15 Å². The average Bonchev–Trinajstić information content (AvgIpc) is 2.46. The molecule has 20 heavy (non-hydrogen) atoms. The van der Waals surface area contributed by atoms with E-state index in [-0.39, 0.29) is 18.3 Å². The third-order valence-electron chi connectivity index (χ3n) is 2.94. The van der Waals surface area contributed by atoms with Crippen molar-refractivity contribution in [1.82, 2.24) is 9.88 Å². The zero-order chi connectivity index (χ0) is 15.1. The summed E-state index contributed by atoms with van der Waals surface area (Å²) in [6.07, 6.45) is 0.880. The normalized spacial score (nSPS) is 10.2. The van der Waals surface area contributed by atoms with Gasteiger partial charge in [-0.15, -0.1) is 0 Å². The summed E-state index contributed by atoms with van der Waals surface area (Å²) in [5.41, 5.74) is 1.26. The van der Waals surface area contributed by atoms with E-state index >= 15 is 0 Å². The largest absolute Gasteiger partial charge is 0.469 e. The number of carbonyl (C=O) groups excluding carboxylic acids is 2. The van der Waals surface area contributed by atoms with Gasteiger partial charge in [-0.2, -0.15) is 0 Å². The second-order valence-electron chi connectivity index (χ2n) is 4.23. The van der Waals surface area contributed by atoms with Gasteiger partial charge in [0.1, 0.15) is 5.15 Å². The maximum absolute atomic E-state index is 12.4. The van der Waals surface area contributed by atoms with Gasteiger partial charge in [0, 0.05) is 24.3 Å². The number of rotatable bonds is 6. The van der Waals surface area contributed by atoms with Crippen LogP contribution in [0.15, 0.2) is 12.1 Å². The van der Waals surface area contributed by atoms with E-state index in [1.807, 2.05) is 13.8 Å². The van der Waals surface area contributed by atoms with E-state index in [1.54, 1.807) is 17.0 Å². The quantitative estimate of drug-likeness (QED) is 0.597. The number of hydrogen-bond acceptors (Lipinski definition) is 4. The van der Waals surface area contributed by atoms with Crippen molar-refractivity contribution in [3.05, 3.63) is 28.5 Å². The van der Waals surface area contributed by atoms with Crippen LogP contribution >= 0.6 is 11.6 Å². The number of amides is 1. The number of halogens is 1. The van der Waals surface area contributed by atoms with Gasteiger partial charge in [-0.1, -0.05) is 18.5 Å². The van der Waals surface area contributed by atoms with Crippen LogP contribution in [0.5, 0.6) is 0 Å². The molecule has 1 aromatic heterocycles. The number of methoxy groups -OCH3 is 1. The molecule has 0 N–H and O–H groups in total. The molecule has 0 saturated carbocycles. The number of nitrogens with zero attached hydrogens (tertiary/aromatic N) is 2. The highest BCUT2D eigenvalue weighted by Crippen LogP contribution is 2.14. The topological polar surface area (TPSA) is 59.5 Å².